The van der Waals surface area contributed by atoms with Gasteiger partial charge in [-0.2, -0.15) is 14.9 Å². The zero-order valence-electron chi connectivity index (χ0n) is 13.1. The molecule has 0 bridgehead atoms. The van der Waals surface area contributed by atoms with Crippen molar-refractivity contribution >= 4 is 17.2 Å². The van der Waals surface area contributed by atoms with Crippen LogP contribution in [0.5, 0.6) is 0 Å². The Balaban J connectivity index is 1.70. The molecular weight excluding hydrogens is 302 g/mol. The first-order valence-electron chi connectivity index (χ1n) is 8.03. The molecule has 6 nitrogen and oxygen atoms in total. The molecule has 0 radical (unpaired) electrons. The molecule has 0 saturated heterocycles. The number of benzene rings is 1. The van der Waals surface area contributed by atoms with Crippen molar-refractivity contribution in [3.05, 3.63) is 65.4 Å². The molecule has 1 aliphatic rings. The fourth-order valence-corrected chi connectivity index (χ4v) is 2.86. The maximum Gasteiger partial charge on any atom is 0.285 e. The second kappa shape index (κ2) is 6.23. The Morgan fingerprint density at radius 1 is 1.21 bits per heavy atom. The van der Waals surface area contributed by atoms with Gasteiger partial charge in [-0.25, -0.2) is 9.67 Å². The summed E-state index contributed by atoms with van der Waals surface area (Å²) in [6, 6.07) is 9.63. The highest BCUT2D eigenvalue weighted by molar-refractivity contribution is 5.75. The van der Waals surface area contributed by atoms with Gasteiger partial charge in [-0.15, -0.1) is 0 Å². The summed E-state index contributed by atoms with van der Waals surface area (Å²) >= 11 is 0. The summed E-state index contributed by atoms with van der Waals surface area (Å²) in [7, 11) is 0. The minimum Gasteiger partial charge on any atom is -0.266 e. The molecular formula is C18H17N5O. The van der Waals surface area contributed by atoms with Crippen molar-refractivity contribution in [2.45, 2.75) is 19.3 Å². The quantitative estimate of drug-likeness (QED) is 0.551. The van der Waals surface area contributed by atoms with Gasteiger partial charge in [0.2, 0.25) is 0 Å². The van der Waals surface area contributed by atoms with Gasteiger partial charge >= 0.3 is 0 Å². The van der Waals surface area contributed by atoms with Crippen molar-refractivity contribution in [2.24, 2.45) is 11.0 Å². The molecule has 1 aliphatic carbocycles. The fourth-order valence-electron chi connectivity index (χ4n) is 2.86. The van der Waals surface area contributed by atoms with Gasteiger partial charge in [-0.05, 0) is 37.3 Å². The number of rotatable bonds is 3. The van der Waals surface area contributed by atoms with Gasteiger partial charge in [-0.3, -0.25) is 4.79 Å². The smallest absolute Gasteiger partial charge is 0.266 e. The van der Waals surface area contributed by atoms with E-state index >= 15 is 0 Å². The fraction of sp³-hybridized carbons (Fsp3) is 0.222. The average molecular weight is 319 g/mol. The van der Waals surface area contributed by atoms with E-state index in [1.54, 1.807) is 10.9 Å². The number of aromatic nitrogens is 4. The van der Waals surface area contributed by atoms with Crippen LogP contribution in [0.2, 0.25) is 0 Å². The van der Waals surface area contributed by atoms with Crippen molar-refractivity contribution in [3.8, 4) is 5.69 Å². The number of allylic oxidation sites excluding steroid dienone is 2. The standard InChI is InChI=1S/C18H17N5O/c24-18-16-12-21-23(15-9-5-2-6-10-15)17(16)19-13-22(18)20-11-14-7-3-1-4-8-14/h1-3,5-6,9-14H,4,7-8H2/b20-11-/t14-/m1/s1. The van der Waals surface area contributed by atoms with Crippen molar-refractivity contribution in [3.63, 3.8) is 0 Å². The Morgan fingerprint density at radius 3 is 2.88 bits per heavy atom. The Bertz CT molecular complexity index is 968. The first-order chi connectivity index (χ1) is 11.8. The van der Waals surface area contributed by atoms with E-state index in [0.29, 0.717) is 17.0 Å². The monoisotopic (exact) mass is 319 g/mol. The number of para-hydroxylation sites is 1. The lowest BCUT2D eigenvalue weighted by molar-refractivity contribution is 0.620. The molecule has 1 atom stereocenters. The van der Waals surface area contributed by atoms with E-state index in [1.807, 2.05) is 36.5 Å². The van der Waals surface area contributed by atoms with Crippen molar-refractivity contribution in [2.75, 3.05) is 0 Å². The Hall–Kier alpha value is -3.02. The van der Waals surface area contributed by atoms with Gasteiger partial charge in [0.15, 0.2) is 5.65 Å². The summed E-state index contributed by atoms with van der Waals surface area (Å²) in [5, 5.41) is 9.06. The molecule has 2 heterocycles. The predicted octanol–water partition coefficient (Wildman–Crippen LogP) is 2.77. The summed E-state index contributed by atoms with van der Waals surface area (Å²) in [4.78, 5) is 17.0. The van der Waals surface area contributed by atoms with Crippen molar-refractivity contribution < 1.29 is 0 Å². The van der Waals surface area contributed by atoms with E-state index in [1.165, 1.54) is 11.0 Å². The largest absolute Gasteiger partial charge is 0.285 e. The Labute approximate surface area is 138 Å². The van der Waals surface area contributed by atoms with Crippen LogP contribution in [0.25, 0.3) is 16.7 Å². The van der Waals surface area contributed by atoms with Crippen molar-refractivity contribution in [1.29, 1.82) is 0 Å². The normalized spacial score (nSPS) is 17.8. The highest BCUT2D eigenvalue weighted by Crippen LogP contribution is 2.16. The molecule has 0 saturated carbocycles. The van der Waals surface area contributed by atoms with Gasteiger partial charge in [0.1, 0.15) is 11.7 Å². The second-order valence-electron chi connectivity index (χ2n) is 5.83. The van der Waals surface area contributed by atoms with Crippen molar-refractivity contribution in [1.82, 2.24) is 19.4 Å². The third-order valence-corrected chi connectivity index (χ3v) is 4.18. The Kier molecular flexibility index (Phi) is 3.78. The van der Waals surface area contributed by atoms with Gasteiger partial charge < -0.3 is 0 Å². The summed E-state index contributed by atoms with van der Waals surface area (Å²) in [6.45, 7) is 0. The number of hydrogen-bond donors (Lipinski definition) is 0. The van der Waals surface area contributed by atoms with E-state index in [9.17, 15) is 4.79 Å². The summed E-state index contributed by atoms with van der Waals surface area (Å²) in [5.41, 5.74) is 1.21. The number of hydrogen-bond acceptors (Lipinski definition) is 4. The third kappa shape index (κ3) is 2.67. The maximum atomic E-state index is 12.6. The molecule has 0 aliphatic heterocycles. The lowest BCUT2D eigenvalue weighted by atomic mass is 9.96. The molecule has 0 spiro atoms. The molecule has 3 aromatic rings. The molecule has 6 heteroatoms. The van der Waals surface area contributed by atoms with E-state index < -0.39 is 0 Å². The lowest BCUT2D eigenvalue weighted by Gasteiger charge is -2.11. The van der Waals surface area contributed by atoms with Gasteiger partial charge in [0, 0.05) is 6.21 Å². The van der Waals surface area contributed by atoms with Crippen LogP contribution in [0, 0.1) is 5.92 Å². The first-order valence-corrected chi connectivity index (χ1v) is 8.03. The summed E-state index contributed by atoms with van der Waals surface area (Å²) in [5.74, 6) is 0.379. The summed E-state index contributed by atoms with van der Waals surface area (Å²) in [6.07, 6.45) is 12.3. The topological polar surface area (TPSA) is 65.1 Å². The van der Waals surface area contributed by atoms with Gasteiger partial charge in [-0.1, -0.05) is 30.4 Å². The molecule has 120 valence electrons. The highest BCUT2D eigenvalue weighted by Gasteiger charge is 2.11. The molecule has 2 aromatic heterocycles. The minimum absolute atomic E-state index is 0.204. The lowest BCUT2D eigenvalue weighted by Crippen LogP contribution is -2.18. The molecule has 0 unspecified atom stereocenters. The molecule has 0 N–H and O–H groups in total. The van der Waals surface area contributed by atoms with E-state index in [2.05, 4.69) is 27.3 Å². The van der Waals surface area contributed by atoms with Gasteiger partial charge in [0.05, 0.1) is 11.9 Å². The van der Waals surface area contributed by atoms with Crippen LogP contribution in [-0.2, 0) is 0 Å². The van der Waals surface area contributed by atoms with Crippen LogP contribution in [0.4, 0.5) is 0 Å². The third-order valence-electron chi connectivity index (χ3n) is 4.18. The molecule has 4 rings (SSSR count). The predicted molar refractivity (Wildman–Crippen MR) is 93.5 cm³/mol. The van der Waals surface area contributed by atoms with E-state index in [4.69, 9.17) is 0 Å². The first kappa shape index (κ1) is 14.6. The van der Waals surface area contributed by atoms with Crippen LogP contribution in [0.1, 0.15) is 19.3 Å². The number of fused-ring (bicyclic) bond motifs is 1. The number of nitrogens with zero attached hydrogens (tertiary/aromatic N) is 5. The molecule has 0 fully saturated rings. The van der Waals surface area contributed by atoms with E-state index in [0.717, 1.165) is 24.9 Å². The zero-order chi connectivity index (χ0) is 16.4. The molecule has 1 aromatic carbocycles. The maximum absolute atomic E-state index is 12.6. The van der Waals surface area contributed by atoms with E-state index in [-0.39, 0.29) is 5.56 Å². The highest BCUT2D eigenvalue weighted by atomic mass is 16.1. The Morgan fingerprint density at radius 2 is 2.08 bits per heavy atom. The minimum atomic E-state index is -0.204. The zero-order valence-corrected chi connectivity index (χ0v) is 13.1. The SMILES string of the molecule is O=c1c2cnn(-c3ccccc3)c2ncn1/N=C\[C@@H]1CC=CCC1. The average Bonchev–Trinajstić information content (AvgIpc) is 3.08. The van der Waals surface area contributed by atoms with Crippen LogP contribution < -0.4 is 5.56 Å². The second-order valence-corrected chi connectivity index (χ2v) is 5.83. The molecule has 0 amide bonds. The van der Waals surface area contributed by atoms with Crippen LogP contribution in [0.3, 0.4) is 0 Å². The van der Waals surface area contributed by atoms with Crippen LogP contribution in [-0.4, -0.2) is 25.7 Å². The van der Waals surface area contributed by atoms with Crippen LogP contribution >= 0.6 is 0 Å². The van der Waals surface area contributed by atoms with Crippen LogP contribution in [0.15, 0.2) is 64.9 Å². The molecule has 24 heavy (non-hydrogen) atoms. The van der Waals surface area contributed by atoms with Gasteiger partial charge in [0.25, 0.3) is 5.56 Å². The summed E-state index contributed by atoms with van der Waals surface area (Å²) < 4.78 is 2.95.